The zero-order chi connectivity index (χ0) is 23.2. The lowest BCUT2D eigenvalue weighted by Crippen LogP contribution is -2.13. The highest BCUT2D eigenvalue weighted by atomic mass is 16.5. The Morgan fingerprint density at radius 1 is 0.382 bits per heavy atom. The fourth-order valence-electron chi connectivity index (χ4n) is 4.15. The molecule has 166 valence electrons. The van der Waals surface area contributed by atoms with Crippen LogP contribution in [-0.4, -0.2) is 7.11 Å². The number of methoxy groups -OCH3 is 1. The van der Waals surface area contributed by atoms with Crippen LogP contribution in [-0.2, 0) is 0 Å². The summed E-state index contributed by atoms with van der Waals surface area (Å²) in [5.74, 6) is 0.793. The van der Waals surface area contributed by atoms with E-state index in [0.717, 1.165) is 39.9 Å². The second-order valence-electron chi connectivity index (χ2n) is 7.90. The number of anilines is 6. The fraction of sp³-hybridized carbons (Fsp3) is 0.0323. The first-order valence-corrected chi connectivity index (χ1v) is 11.3. The third kappa shape index (κ3) is 4.50. The first-order chi connectivity index (χ1) is 16.8. The van der Waals surface area contributed by atoms with Gasteiger partial charge in [0.25, 0.3) is 0 Å². The predicted octanol–water partition coefficient (Wildman–Crippen LogP) is 8.63. The largest absolute Gasteiger partial charge is 0.497 e. The Morgan fingerprint density at radius 2 is 0.676 bits per heavy atom. The zero-order valence-corrected chi connectivity index (χ0v) is 19.1. The molecule has 3 nitrogen and oxygen atoms in total. The highest BCUT2D eigenvalue weighted by Crippen LogP contribution is 2.42. The van der Waals surface area contributed by atoms with Gasteiger partial charge >= 0.3 is 0 Å². The number of nitrogens with zero attached hydrogens (tertiary/aromatic N) is 2. The standard InChI is InChI=1S/C31H26N2O/c1-34-31-23-29(32(25-14-6-2-7-15-25)26-16-8-3-9-17-26)22-30(24-31)33(27-18-10-4-11-19-27)28-20-12-5-13-21-28/h2-24H,1H3. The lowest BCUT2D eigenvalue weighted by atomic mass is 10.1. The normalized spacial score (nSPS) is 10.5. The van der Waals surface area contributed by atoms with E-state index in [4.69, 9.17) is 4.74 Å². The number of hydrogen-bond acceptors (Lipinski definition) is 3. The molecule has 0 aliphatic heterocycles. The third-order valence-electron chi connectivity index (χ3n) is 5.69. The average Bonchev–Trinajstić information content (AvgIpc) is 2.91. The second-order valence-corrected chi connectivity index (χ2v) is 7.90. The molecular weight excluding hydrogens is 416 g/mol. The minimum absolute atomic E-state index is 0.793. The van der Waals surface area contributed by atoms with Crippen molar-refractivity contribution in [2.45, 2.75) is 0 Å². The molecular formula is C31H26N2O. The first kappa shape index (κ1) is 21.4. The number of ether oxygens (including phenoxy) is 1. The Hall–Kier alpha value is -4.50. The molecule has 0 aliphatic carbocycles. The van der Waals surface area contributed by atoms with E-state index in [1.165, 1.54) is 0 Å². The summed E-state index contributed by atoms with van der Waals surface area (Å²) in [6, 6.07) is 48.0. The molecule has 0 radical (unpaired) electrons. The summed E-state index contributed by atoms with van der Waals surface area (Å²) in [7, 11) is 1.72. The second kappa shape index (κ2) is 9.97. The van der Waals surface area contributed by atoms with Crippen molar-refractivity contribution in [1.29, 1.82) is 0 Å². The monoisotopic (exact) mass is 442 g/mol. The summed E-state index contributed by atoms with van der Waals surface area (Å²) in [5.41, 5.74) is 6.36. The van der Waals surface area contributed by atoms with Crippen molar-refractivity contribution in [2.75, 3.05) is 16.9 Å². The summed E-state index contributed by atoms with van der Waals surface area (Å²) in [6.07, 6.45) is 0. The maximum Gasteiger partial charge on any atom is 0.123 e. The number of hydrogen-bond donors (Lipinski definition) is 0. The van der Waals surface area contributed by atoms with E-state index >= 15 is 0 Å². The van der Waals surface area contributed by atoms with E-state index in [1.807, 2.05) is 24.3 Å². The van der Waals surface area contributed by atoms with Gasteiger partial charge < -0.3 is 14.5 Å². The molecule has 3 heteroatoms. The predicted molar refractivity (Wildman–Crippen MR) is 142 cm³/mol. The van der Waals surface area contributed by atoms with Crippen molar-refractivity contribution in [2.24, 2.45) is 0 Å². The molecule has 0 aromatic heterocycles. The Bertz CT molecular complexity index is 1140. The van der Waals surface area contributed by atoms with Crippen molar-refractivity contribution >= 4 is 34.1 Å². The molecule has 0 amide bonds. The molecule has 0 saturated carbocycles. The van der Waals surface area contributed by atoms with Crippen molar-refractivity contribution in [3.05, 3.63) is 140 Å². The molecule has 5 rings (SSSR count). The van der Waals surface area contributed by atoms with Crippen molar-refractivity contribution in [3.63, 3.8) is 0 Å². The molecule has 0 spiro atoms. The van der Waals surface area contributed by atoms with Gasteiger partial charge in [-0.3, -0.25) is 0 Å². The molecule has 0 N–H and O–H groups in total. The third-order valence-corrected chi connectivity index (χ3v) is 5.69. The van der Waals surface area contributed by atoms with Crippen LogP contribution in [0.5, 0.6) is 5.75 Å². The molecule has 5 aromatic carbocycles. The molecule has 0 aliphatic rings. The minimum atomic E-state index is 0.793. The van der Waals surface area contributed by atoms with Crippen LogP contribution in [0.25, 0.3) is 0 Å². The van der Waals surface area contributed by atoms with Gasteiger partial charge in [0.1, 0.15) is 5.75 Å². The van der Waals surface area contributed by atoms with Gasteiger partial charge in [0.2, 0.25) is 0 Å². The van der Waals surface area contributed by atoms with Crippen molar-refractivity contribution in [3.8, 4) is 5.75 Å². The minimum Gasteiger partial charge on any atom is -0.497 e. The van der Waals surface area contributed by atoms with E-state index in [9.17, 15) is 0 Å². The van der Waals surface area contributed by atoms with Gasteiger partial charge in [0.15, 0.2) is 0 Å². The average molecular weight is 443 g/mol. The lowest BCUT2D eigenvalue weighted by molar-refractivity contribution is 0.415. The van der Waals surface area contributed by atoms with E-state index in [0.29, 0.717) is 0 Å². The Kier molecular flexibility index (Phi) is 6.26. The van der Waals surface area contributed by atoms with Crippen LogP contribution in [0.4, 0.5) is 34.1 Å². The van der Waals surface area contributed by atoms with Crippen LogP contribution in [0.2, 0.25) is 0 Å². The SMILES string of the molecule is COc1cc(N(c2ccccc2)c2ccccc2)cc(N(c2ccccc2)c2ccccc2)c1. The number of rotatable bonds is 7. The molecule has 5 aromatic rings. The van der Waals surface area contributed by atoms with E-state index < -0.39 is 0 Å². The van der Waals surface area contributed by atoms with Crippen LogP contribution < -0.4 is 14.5 Å². The van der Waals surface area contributed by atoms with Crippen LogP contribution in [0, 0.1) is 0 Å². The molecule has 0 bridgehead atoms. The summed E-state index contributed by atoms with van der Waals surface area (Å²) in [5, 5.41) is 0. The molecule has 0 heterocycles. The molecule has 34 heavy (non-hydrogen) atoms. The Balaban J connectivity index is 1.71. The topological polar surface area (TPSA) is 15.7 Å². The van der Waals surface area contributed by atoms with Gasteiger partial charge in [-0.1, -0.05) is 72.8 Å². The van der Waals surface area contributed by atoms with Crippen LogP contribution >= 0.6 is 0 Å². The van der Waals surface area contributed by atoms with Crippen LogP contribution in [0.1, 0.15) is 0 Å². The highest BCUT2D eigenvalue weighted by Gasteiger charge is 2.18. The lowest BCUT2D eigenvalue weighted by Gasteiger charge is -2.30. The maximum atomic E-state index is 5.79. The number of para-hydroxylation sites is 4. The van der Waals surface area contributed by atoms with Gasteiger partial charge in [-0.25, -0.2) is 0 Å². The van der Waals surface area contributed by atoms with Crippen molar-refractivity contribution < 1.29 is 4.74 Å². The molecule has 0 saturated heterocycles. The van der Waals surface area contributed by atoms with Gasteiger partial charge in [0.05, 0.1) is 18.5 Å². The van der Waals surface area contributed by atoms with E-state index in [-0.39, 0.29) is 0 Å². The first-order valence-electron chi connectivity index (χ1n) is 11.3. The molecule has 0 unspecified atom stereocenters. The van der Waals surface area contributed by atoms with Gasteiger partial charge in [0, 0.05) is 34.9 Å². The number of benzene rings is 5. The van der Waals surface area contributed by atoms with E-state index in [2.05, 4.69) is 125 Å². The van der Waals surface area contributed by atoms with Gasteiger partial charge in [-0.05, 0) is 54.6 Å². The van der Waals surface area contributed by atoms with Gasteiger partial charge in [-0.15, -0.1) is 0 Å². The zero-order valence-electron chi connectivity index (χ0n) is 19.1. The van der Waals surface area contributed by atoms with E-state index in [1.54, 1.807) is 7.11 Å². The van der Waals surface area contributed by atoms with Crippen molar-refractivity contribution in [1.82, 2.24) is 0 Å². The fourth-order valence-corrected chi connectivity index (χ4v) is 4.15. The smallest absolute Gasteiger partial charge is 0.123 e. The van der Waals surface area contributed by atoms with Crippen LogP contribution in [0.3, 0.4) is 0 Å². The van der Waals surface area contributed by atoms with Gasteiger partial charge in [-0.2, -0.15) is 0 Å². The Labute approximate surface area is 201 Å². The molecule has 0 fully saturated rings. The summed E-state index contributed by atoms with van der Waals surface area (Å²) in [4.78, 5) is 4.50. The van der Waals surface area contributed by atoms with Crippen LogP contribution in [0.15, 0.2) is 140 Å². The molecule has 0 atom stereocenters. The summed E-state index contributed by atoms with van der Waals surface area (Å²) >= 11 is 0. The Morgan fingerprint density at radius 3 is 0.941 bits per heavy atom. The maximum absolute atomic E-state index is 5.79. The summed E-state index contributed by atoms with van der Waals surface area (Å²) in [6.45, 7) is 0. The quantitative estimate of drug-likeness (QED) is 0.251. The highest BCUT2D eigenvalue weighted by molar-refractivity contribution is 5.84. The summed E-state index contributed by atoms with van der Waals surface area (Å²) < 4.78 is 5.79.